The first kappa shape index (κ1) is 16.2. The normalized spacial score (nSPS) is 21.7. The standard InChI is InChI=1S/C16H29NO2/c1-13(2)17(19)12-15-9-7-14(8-10-15)6-5-11-16(3,4)18/h7,12-13,15,18H,5-6,8-11H2,1-4H3. The van der Waals surface area contributed by atoms with E-state index in [9.17, 15) is 10.3 Å². The third-order valence-electron chi connectivity index (χ3n) is 3.70. The van der Waals surface area contributed by atoms with E-state index in [0.717, 1.165) is 43.3 Å². The largest absolute Gasteiger partial charge is 0.624 e. The van der Waals surface area contributed by atoms with Crippen molar-refractivity contribution in [3.05, 3.63) is 16.9 Å². The summed E-state index contributed by atoms with van der Waals surface area (Å²) in [5.41, 5.74) is 0.946. The first-order chi connectivity index (χ1) is 8.78. The second kappa shape index (κ2) is 7.09. The Bertz CT molecular complexity index is 337. The molecule has 0 aromatic rings. The molecule has 1 atom stereocenters. The maximum atomic E-state index is 11.6. The number of hydrogen-bond acceptors (Lipinski definition) is 2. The molecule has 3 heteroatoms. The molecule has 0 aromatic heterocycles. The fourth-order valence-electron chi connectivity index (χ4n) is 2.40. The molecule has 1 rings (SSSR count). The van der Waals surface area contributed by atoms with E-state index in [1.165, 1.54) is 5.57 Å². The summed E-state index contributed by atoms with van der Waals surface area (Å²) in [4.78, 5) is 0. The predicted molar refractivity (Wildman–Crippen MR) is 80.4 cm³/mol. The van der Waals surface area contributed by atoms with Crippen LogP contribution in [0.1, 0.15) is 66.2 Å². The third kappa shape index (κ3) is 6.76. The Morgan fingerprint density at radius 2 is 2.21 bits per heavy atom. The van der Waals surface area contributed by atoms with Crippen LogP contribution in [0.15, 0.2) is 11.6 Å². The van der Waals surface area contributed by atoms with E-state index in [1.54, 1.807) is 0 Å². The average molecular weight is 267 g/mol. The highest BCUT2D eigenvalue weighted by Gasteiger charge is 2.17. The van der Waals surface area contributed by atoms with Crippen molar-refractivity contribution < 1.29 is 9.85 Å². The summed E-state index contributed by atoms with van der Waals surface area (Å²) in [6, 6.07) is 0.0390. The molecule has 1 N–H and O–H groups in total. The van der Waals surface area contributed by atoms with Gasteiger partial charge in [0.05, 0.1) is 5.60 Å². The molecular weight excluding hydrogens is 238 g/mol. The van der Waals surface area contributed by atoms with E-state index in [-0.39, 0.29) is 6.04 Å². The lowest BCUT2D eigenvalue weighted by atomic mass is 9.87. The van der Waals surface area contributed by atoms with Crippen LogP contribution in [-0.2, 0) is 0 Å². The van der Waals surface area contributed by atoms with Gasteiger partial charge in [0.2, 0.25) is 0 Å². The van der Waals surface area contributed by atoms with Crippen LogP contribution in [0.5, 0.6) is 0 Å². The van der Waals surface area contributed by atoms with Crippen LogP contribution in [-0.4, -0.2) is 27.7 Å². The lowest BCUT2D eigenvalue weighted by molar-refractivity contribution is -0.489. The maximum Gasteiger partial charge on any atom is 0.157 e. The van der Waals surface area contributed by atoms with Crippen molar-refractivity contribution in [1.29, 1.82) is 0 Å². The fourth-order valence-corrected chi connectivity index (χ4v) is 2.40. The van der Waals surface area contributed by atoms with Gasteiger partial charge in [0, 0.05) is 5.92 Å². The van der Waals surface area contributed by atoms with Gasteiger partial charge in [0.15, 0.2) is 12.3 Å². The van der Waals surface area contributed by atoms with Crippen LogP contribution in [0.3, 0.4) is 0 Å². The quantitative estimate of drug-likeness (QED) is 0.262. The molecular formula is C16H29NO2. The Morgan fingerprint density at radius 3 is 2.68 bits per heavy atom. The summed E-state index contributed by atoms with van der Waals surface area (Å²) in [6.07, 6.45) is 10.3. The molecule has 0 aliphatic heterocycles. The Morgan fingerprint density at radius 1 is 1.53 bits per heavy atom. The van der Waals surface area contributed by atoms with Gasteiger partial charge in [-0.25, -0.2) is 4.74 Å². The molecule has 0 spiro atoms. The molecule has 0 saturated carbocycles. The van der Waals surface area contributed by atoms with Crippen LogP contribution >= 0.6 is 0 Å². The Kier molecular flexibility index (Phi) is 6.05. The van der Waals surface area contributed by atoms with Gasteiger partial charge in [-0.2, -0.15) is 0 Å². The second-order valence-corrected chi connectivity index (χ2v) is 6.67. The first-order valence-corrected chi connectivity index (χ1v) is 7.48. The van der Waals surface area contributed by atoms with Gasteiger partial charge in [-0.15, -0.1) is 0 Å². The molecule has 1 unspecified atom stereocenters. The Hall–Kier alpha value is -0.830. The van der Waals surface area contributed by atoms with Crippen molar-refractivity contribution in [1.82, 2.24) is 0 Å². The summed E-state index contributed by atoms with van der Waals surface area (Å²) in [7, 11) is 0. The molecule has 0 bridgehead atoms. The molecule has 0 fully saturated rings. The highest BCUT2D eigenvalue weighted by molar-refractivity contribution is 5.56. The average Bonchev–Trinajstić information content (AvgIpc) is 2.29. The van der Waals surface area contributed by atoms with E-state index in [1.807, 2.05) is 33.9 Å². The summed E-state index contributed by atoms with van der Waals surface area (Å²) in [5.74, 6) is 0.401. The number of allylic oxidation sites excluding steroid dienone is 2. The van der Waals surface area contributed by atoms with E-state index in [2.05, 4.69) is 6.08 Å². The molecule has 110 valence electrons. The predicted octanol–water partition coefficient (Wildman–Crippen LogP) is 3.64. The van der Waals surface area contributed by atoms with Crippen molar-refractivity contribution in [2.24, 2.45) is 5.92 Å². The van der Waals surface area contributed by atoms with Crippen molar-refractivity contribution >= 4 is 6.21 Å². The highest BCUT2D eigenvalue weighted by Crippen LogP contribution is 2.26. The van der Waals surface area contributed by atoms with Crippen LogP contribution in [0, 0.1) is 11.1 Å². The van der Waals surface area contributed by atoms with Crippen LogP contribution in [0.25, 0.3) is 0 Å². The number of hydroxylamine groups is 1. The van der Waals surface area contributed by atoms with Gasteiger partial charge >= 0.3 is 0 Å². The van der Waals surface area contributed by atoms with Gasteiger partial charge in [0.25, 0.3) is 0 Å². The maximum absolute atomic E-state index is 11.6. The summed E-state index contributed by atoms with van der Waals surface area (Å²) in [5, 5.41) is 21.3. The zero-order valence-electron chi connectivity index (χ0n) is 12.9. The number of hydrogen-bond donors (Lipinski definition) is 1. The molecule has 0 radical (unpaired) electrons. The molecule has 0 aromatic carbocycles. The summed E-state index contributed by atoms with van der Waals surface area (Å²) < 4.78 is 1.08. The van der Waals surface area contributed by atoms with E-state index in [4.69, 9.17) is 0 Å². The minimum Gasteiger partial charge on any atom is -0.624 e. The van der Waals surface area contributed by atoms with Gasteiger partial charge < -0.3 is 10.3 Å². The minimum absolute atomic E-state index is 0.0390. The molecule has 1 aliphatic carbocycles. The van der Waals surface area contributed by atoms with Crippen molar-refractivity contribution in [3.8, 4) is 0 Å². The zero-order valence-corrected chi connectivity index (χ0v) is 12.9. The molecule has 3 nitrogen and oxygen atoms in total. The smallest absolute Gasteiger partial charge is 0.157 e. The van der Waals surface area contributed by atoms with Crippen molar-refractivity contribution in [2.75, 3.05) is 0 Å². The topological polar surface area (TPSA) is 46.3 Å². The lowest BCUT2D eigenvalue weighted by Crippen LogP contribution is -2.20. The van der Waals surface area contributed by atoms with Crippen LogP contribution < -0.4 is 0 Å². The Balaban J connectivity index is 2.36. The van der Waals surface area contributed by atoms with Gasteiger partial charge in [-0.3, -0.25) is 0 Å². The number of nitrogens with zero attached hydrogens (tertiary/aromatic N) is 1. The van der Waals surface area contributed by atoms with Gasteiger partial charge in [0.1, 0.15) is 0 Å². The summed E-state index contributed by atoms with van der Waals surface area (Å²) >= 11 is 0. The monoisotopic (exact) mass is 267 g/mol. The molecule has 0 saturated heterocycles. The van der Waals surface area contributed by atoms with Crippen molar-refractivity contribution in [2.45, 2.75) is 77.9 Å². The highest BCUT2D eigenvalue weighted by atomic mass is 16.5. The van der Waals surface area contributed by atoms with Crippen LogP contribution in [0.4, 0.5) is 0 Å². The van der Waals surface area contributed by atoms with E-state index in [0.29, 0.717) is 5.92 Å². The van der Waals surface area contributed by atoms with Crippen LogP contribution in [0.2, 0.25) is 0 Å². The van der Waals surface area contributed by atoms with E-state index >= 15 is 0 Å². The molecule has 0 heterocycles. The van der Waals surface area contributed by atoms with Gasteiger partial charge in [-0.05, 0) is 66.2 Å². The van der Waals surface area contributed by atoms with Gasteiger partial charge in [-0.1, -0.05) is 11.6 Å². The van der Waals surface area contributed by atoms with E-state index < -0.39 is 5.60 Å². The molecule has 0 amide bonds. The lowest BCUT2D eigenvalue weighted by Gasteiger charge is -2.21. The molecule has 19 heavy (non-hydrogen) atoms. The number of aliphatic hydroxyl groups is 1. The zero-order chi connectivity index (χ0) is 14.5. The fraction of sp³-hybridized carbons (Fsp3) is 0.812. The molecule has 1 aliphatic rings. The SMILES string of the molecule is CC(C)[N+]([O-])=CC1CC=C(CCCC(C)(C)O)CC1. The third-order valence-corrected chi connectivity index (χ3v) is 3.70. The second-order valence-electron chi connectivity index (χ2n) is 6.67. The summed E-state index contributed by atoms with van der Waals surface area (Å²) in [6.45, 7) is 7.57. The first-order valence-electron chi connectivity index (χ1n) is 7.48. The van der Waals surface area contributed by atoms with Crippen molar-refractivity contribution in [3.63, 3.8) is 0 Å². The Labute approximate surface area is 117 Å². The minimum atomic E-state index is -0.550. The number of rotatable bonds is 6.